The first-order valence-electron chi connectivity index (χ1n) is 17.7. The highest BCUT2D eigenvalue weighted by Gasteiger charge is 2.45. The number of anilines is 2. The number of H-pyrrole nitrogens is 2. The lowest BCUT2D eigenvalue weighted by molar-refractivity contribution is -0.141. The van der Waals surface area contributed by atoms with E-state index in [1.54, 1.807) is 24.3 Å². The van der Waals surface area contributed by atoms with E-state index in [0.29, 0.717) is 11.1 Å². The van der Waals surface area contributed by atoms with E-state index in [0.717, 1.165) is 26.4 Å². The molecule has 2 aromatic heterocycles. The lowest BCUT2D eigenvalue weighted by atomic mass is 9.95. The molecule has 0 aliphatic carbocycles. The van der Waals surface area contributed by atoms with E-state index in [9.17, 15) is 55.7 Å². The molecule has 3 aromatic carbocycles. The number of nitrogens with zero attached hydrogens (tertiary/aromatic N) is 2. The van der Waals surface area contributed by atoms with Gasteiger partial charge in [-0.25, -0.2) is 9.59 Å². The standard InChI is InChI=1S/C40H30Cl2F6N4O8/c1-59-37(57)31-29-27-19(13-41)15-51(21(27)11-23(53)33(29)49-35(31)39(43,44)45)25(55)9-7-17-3-5-18(6-4-17)8-10-26(56)52-16-20(14-42)28-22(52)12-24(54)34-30(28)32(38(58)60-2)36(50-34)40(46,47)48/h3-12,19-20,49-50,53-54H,13-16H2,1-2H3/b9-7+,10-8+/t19-,20+. The summed E-state index contributed by atoms with van der Waals surface area (Å²) in [6, 6.07) is 8.72. The molecule has 0 saturated carbocycles. The van der Waals surface area contributed by atoms with Crippen molar-refractivity contribution in [3.05, 3.63) is 93.3 Å². The van der Waals surface area contributed by atoms with Gasteiger partial charge in [-0.1, -0.05) is 24.3 Å². The number of carbonyl (C=O) groups is 4. The average Bonchev–Trinajstić information content (AvgIpc) is 3.99. The zero-order chi connectivity index (χ0) is 43.6. The van der Waals surface area contributed by atoms with Crippen LogP contribution >= 0.6 is 23.2 Å². The van der Waals surface area contributed by atoms with Gasteiger partial charge in [0.15, 0.2) is 0 Å². The maximum atomic E-state index is 14.0. The minimum absolute atomic E-state index is 0.0593. The number of rotatable bonds is 8. The number of benzene rings is 3. The fourth-order valence-corrected chi connectivity index (χ4v) is 8.27. The predicted molar refractivity (Wildman–Crippen MR) is 209 cm³/mol. The number of methoxy groups -OCH3 is 2. The van der Waals surface area contributed by atoms with Gasteiger partial charge in [0.05, 0.1) is 47.8 Å². The van der Waals surface area contributed by atoms with Crippen LogP contribution in [0.25, 0.3) is 34.0 Å². The Hall–Kier alpha value is -6.14. The highest BCUT2D eigenvalue weighted by atomic mass is 35.5. The van der Waals surface area contributed by atoms with Crippen LogP contribution in [0.1, 0.15) is 66.2 Å². The summed E-state index contributed by atoms with van der Waals surface area (Å²) in [6.45, 7) is -0.148. The van der Waals surface area contributed by atoms with Crippen molar-refractivity contribution in [3.63, 3.8) is 0 Å². The van der Waals surface area contributed by atoms with Crippen molar-refractivity contribution in [2.24, 2.45) is 0 Å². The molecule has 4 N–H and O–H groups in total. The van der Waals surface area contributed by atoms with E-state index in [1.807, 2.05) is 0 Å². The van der Waals surface area contributed by atoms with Gasteiger partial charge in [0, 0.05) is 71.7 Å². The monoisotopic (exact) mass is 878 g/mol. The third-order valence-corrected chi connectivity index (χ3v) is 11.1. The number of esters is 2. The van der Waals surface area contributed by atoms with Crippen LogP contribution in [-0.4, -0.2) is 83.0 Å². The fourth-order valence-electron chi connectivity index (χ4n) is 7.77. The molecule has 2 atom stereocenters. The van der Waals surface area contributed by atoms with Crippen molar-refractivity contribution >= 4 is 92.3 Å². The number of halogens is 8. The zero-order valence-corrected chi connectivity index (χ0v) is 32.5. The van der Waals surface area contributed by atoms with Gasteiger partial charge in [-0.15, -0.1) is 23.2 Å². The molecular formula is C40H30Cl2F6N4O8. The fraction of sp³-hybridized carbons (Fsp3) is 0.250. The van der Waals surface area contributed by atoms with Gasteiger partial charge >= 0.3 is 24.3 Å². The highest BCUT2D eigenvalue weighted by molar-refractivity contribution is 6.21. The summed E-state index contributed by atoms with van der Waals surface area (Å²) in [6.07, 6.45) is -4.71. The Bertz CT molecular complexity index is 2490. The number of aromatic nitrogens is 2. The summed E-state index contributed by atoms with van der Waals surface area (Å²) in [5, 5.41) is 21.0. The first-order valence-corrected chi connectivity index (χ1v) is 18.8. The first-order chi connectivity index (χ1) is 28.3. The number of phenolic OH excluding ortho intramolecular Hbond substituents is 2. The topological polar surface area (TPSA) is 165 Å². The van der Waals surface area contributed by atoms with E-state index in [4.69, 9.17) is 23.2 Å². The van der Waals surface area contributed by atoms with Crippen molar-refractivity contribution in [2.45, 2.75) is 24.2 Å². The molecule has 0 unspecified atom stereocenters. The number of hydrogen-bond acceptors (Lipinski definition) is 8. The van der Waals surface area contributed by atoms with E-state index in [2.05, 4.69) is 19.4 Å². The summed E-state index contributed by atoms with van der Waals surface area (Å²) < 4.78 is 93.2. The second-order valence-electron chi connectivity index (χ2n) is 13.8. The average molecular weight is 880 g/mol. The zero-order valence-electron chi connectivity index (χ0n) is 31.0. The number of phenols is 2. The summed E-state index contributed by atoms with van der Waals surface area (Å²) in [5.41, 5.74) is -3.78. The molecule has 5 aromatic rings. The minimum Gasteiger partial charge on any atom is -0.506 e. The molecule has 20 heteroatoms. The molecule has 0 saturated heterocycles. The van der Waals surface area contributed by atoms with E-state index >= 15 is 0 Å². The predicted octanol–water partition coefficient (Wildman–Crippen LogP) is 8.44. The van der Waals surface area contributed by atoms with Gasteiger partial charge in [-0.2, -0.15) is 26.3 Å². The molecule has 0 fully saturated rings. The van der Waals surface area contributed by atoms with Gasteiger partial charge in [0.1, 0.15) is 22.9 Å². The van der Waals surface area contributed by atoms with Crippen LogP contribution in [-0.2, 0) is 31.4 Å². The van der Waals surface area contributed by atoms with E-state index in [1.165, 1.54) is 34.1 Å². The SMILES string of the molecule is COC(=O)c1c(C(F)(F)F)[nH]c2c(O)cc3c(c12)[C@H](CCl)CN3C(=O)/C=C/c1ccc(/C=C/C(=O)N2C[C@H](CCl)c3c2cc(O)c2[nH]c(C(F)(F)F)c(C(=O)OC)c32)cc1. The molecule has 12 nitrogen and oxygen atoms in total. The van der Waals surface area contributed by atoms with Gasteiger partial charge < -0.3 is 39.5 Å². The van der Waals surface area contributed by atoms with Gasteiger partial charge in [0.25, 0.3) is 11.8 Å². The normalized spacial score (nSPS) is 16.7. The molecule has 0 bridgehead atoms. The quantitative estimate of drug-likeness (QED) is 0.0522. The Labute approximate surface area is 344 Å². The second kappa shape index (κ2) is 15.5. The van der Waals surface area contributed by atoms with Crippen LogP contribution in [0.15, 0.2) is 48.6 Å². The molecule has 2 aliphatic heterocycles. The van der Waals surface area contributed by atoms with Crippen molar-refractivity contribution in [3.8, 4) is 11.5 Å². The first kappa shape index (κ1) is 42.0. The maximum absolute atomic E-state index is 14.0. The number of alkyl halides is 8. The number of aromatic hydroxyl groups is 2. The van der Waals surface area contributed by atoms with Crippen LogP contribution in [0.4, 0.5) is 37.7 Å². The summed E-state index contributed by atoms with van der Waals surface area (Å²) in [4.78, 5) is 59.0. The second-order valence-corrected chi connectivity index (χ2v) is 14.4. The summed E-state index contributed by atoms with van der Waals surface area (Å²) in [5.74, 6) is -6.81. The Morgan fingerprint density at radius 3 is 1.35 bits per heavy atom. The number of ether oxygens (including phenoxy) is 2. The van der Waals surface area contributed by atoms with Gasteiger partial charge in [0.2, 0.25) is 0 Å². The molecule has 0 radical (unpaired) electrons. The largest absolute Gasteiger partial charge is 0.506 e. The molecule has 314 valence electrons. The van der Waals surface area contributed by atoms with Crippen molar-refractivity contribution < 1.29 is 65.2 Å². The highest BCUT2D eigenvalue weighted by Crippen LogP contribution is 2.51. The molecule has 4 heterocycles. The Balaban J connectivity index is 1.12. The smallest absolute Gasteiger partial charge is 0.432 e. The molecule has 2 aliphatic rings. The molecule has 2 amide bonds. The minimum atomic E-state index is -5.01. The third-order valence-electron chi connectivity index (χ3n) is 10.4. The van der Waals surface area contributed by atoms with E-state index < -0.39 is 82.0 Å². The Morgan fingerprint density at radius 1 is 0.700 bits per heavy atom. The Kier molecular flexibility index (Phi) is 10.8. The van der Waals surface area contributed by atoms with Crippen LogP contribution in [0, 0.1) is 0 Å². The van der Waals surface area contributed by atoms with Gasteiger partial charge in [-0.3, -0.25) is 9.59 Å². The van der Waals surface area contributed by atoms with Crippen LogP contribution in [0.3, 0.4) is 0 Å². The van der Waals surface area contributed by atoms with Crippen LogP contribution in [0.5, 0.6) is 11.5 Å². The van der Waals surface area contributed by atoms with Crippen molar-refractivity contribution in [1.29, 1.82) is 0 Å². The van der Waals surface area contributed by atoms with E-state index in [-0.39, 0.29) is 69.2 Å². The molecule has 7 rings (SSSR count). The Morgan fingerprint density at radius 2 is 1.05 bits per heavy atom. The number of aromatic amines is 2. The third kappa shape index (κ3) is 7.06. The van der Waals surface area contributed by atoms with Crippen LogP contribution < -0.4 is 9.80 Å². The molecule has 0 spiro atoms. The van der Waals surface area contributed by atoms with Crippen LogP contribution in [0.2, 0.25) is 0 Å². The lowest BCUT2D eigenvalue weighted by Gasteiger charge is -2.16. The number of hydrogen-bond donors (Lipinski definition) is 4. The van der Waals surface area contributed by atoms with Crippen molar-refractivity contribution in [1.82, 2.24) is 9.97 Å². The summed E-state index contributed by atoms with van der Waals surface area (Å²) >= 11 is 12.4. The lowest BCUT2D eigenvalue weighted by Crippen LogP contribution is -2.28. The number of fused-ring (bicyclic) bond motifs is 6. The maximum Gasteiger partial charge on any atom is 0.432 e. The molecule has 60 heavy (non-hydrogen) atoms. The number of nitrogens with one attached hydrogen (secondary N) is 2. The summed E-state index contributed by atoms with van der Waals surface area (Å²) in [7, 11) is 1.83. The molecular weight excluding hydrogens is 849 g/mol. The number of carbonyl (C=O) groups excluding carboxylic acids is 4. The van der Waals surface area contributed by atoms with Gasteiger partial charge in [-0.05, 0) is 34.4 Å². The van der Waals surface area contributed by atoms with Crippen molar-refractivity contribution in [2.75, 3.05) is 48.9 Å². The number of amides is 2.